The van der Waals surface area contributed by atoms with Crippen molar-refractivity contribution < 1.29 is 37.7 Å². The molecule has 1 heterocycles. The number of rotatable bonds is 7. The monoisotopic (exact) mass is 495 g/mol. The second-order valence-electron chi connectivity index (χ2n) is 8.31. The number of hydrogen-bond donors (Lipinski definition) is 1. The van der Waals surface area contributed by atoms with Crippen molar-refractivity contribution in [3.05, 3.63) is 89.0 Å². The van der Waals surface area contributed by atoms with E-state index < -0.39 is 29.6 Å². The number of methoxy groups -OCH3 is 1. The predicted molar refractivity (Wildman–Crippen MR) is 126 cm³/mol. The molecular weight excluding hydrogens is 472 g/mol. The van der Waals surface area contributed by atoms with Crippen molar-refractivity contribution in [2.75, 3.05) is 13.7 Å². The van der Waals surface area contributed by atoms with E-state index in [2.05, 4.69) is 4.74 Å². The lowest BCUT2D eigenvalue weighted by Gasteiger charge is -2.21. The maximum absolute atomic E-state index is 13.8. The van der Waals surface area contributed by atoms with Crippen LogP contribution in [0.4, 0.5) is 8.78 Å². The topological polar surface area (TPSA) is 93.1 Å². The highest BCUT2D eigenvalue weighted by atomic mass is 19.2. The fraction of sp³-hybridized carbons (Fsp3) is 0.222. The van der Waals surface area contributed by atoms with Gasteiger partial charge in [-0.15, -0.1) is 0 Å². The zero-order valence-electron chi connectivity index (χ0n) is 19.4. The zero-order chi connectivity index (χ0) is 25.8. The van der Waals surface area contributed by atoms with Crippen LogP contribution >= 0.6 is 0 Å². The molecule has 0 aliphatic carbocycles. The van der Waals surface area contributed by atoms with Gasteiger partial charge in [-0.3, -0.25) is 4.79 Å². The summed E-state index contributed by atoms with van der Waals surface area (Å²) in [6.07, 6.45) is 1.08. The molecule has 3 aromatic rings. The van der Waals surface area contributed by atoms with Crippen LogP contribution in [0.2, 0.25) is 0 Å². The number of hydrogen-bond acceptors (Lipinski definition) is 5. The smallest absolute Gasteiger partial charge is 0.338 e. The van der Waals surface area contributed by atoms with Crippen LogP contribution in [0, 0.1) is 11.6 Å². The molecule has 0 bridgehead atoms. The van der Waals surface area contributed by atoms with Gasteiger partial charge < -0.3 is 19.5 Å². The third-order valence-electron chi connectivity index (χ3n) is 6.01. The maximum atomic E-state index is 13.8. The summed E-state index contributed by atoms with van der Waals surface area (Å²) < 4.78 is 38.0. The van der Waals surface area contributed by atoms with E-state index in [0.29, 0.717) is 41.8 Å². The highest BCUT2D eigenvalue weighted by molar-refractivity contribution is 5.98. The largest absolute Gasteiger partial charge is 0.489 e. The number of likely N-dealkylation sites (tertiary alicyclic amines) is 1. The van der Waals surface area contributed by atoms with E-state index in [1.807, 2.05) is 0 Å². The highest BCUT2D eigenvalue weighted by Crippen LogP contribution is 2.29. The summed E-state index contributed by atoms with van der Waals surface area (Å²) in [5.41, 5.74) is 1.64. The predicted octanol–water partition coefficient (Wildman–Crippen LogP) is 4.69. The molecule has 7 nitrogen and oxygen atoms in total. The lowest BCUT2D eigenvalue weighted by Crippen LogP contribution is -2.40. The Labute approximate surface area is 205 Å². The first-order valence-corrected chi connectivity index (χ1v) is 11.2. The van der Waals surface area contributed by atoms with Gasteiger partial charge in [0.1, 0.15) is 18.4 Å². The summed E-state index contributed by atoms with van der Waals surface area (Å²) >= 11 is 0. The Morgan fingerprint density at radius 3 is 2.44 bits per heavy atom. The number of carbonyl (C=O) groups is 3. The van der Waals surface area contributed by atoms with E-state index in [-0.39, 0.29) is 23.6 Å². The van der Waals surface area contributed by atoms with E-state index in [1.165, 1.54) is 4.90 Å². The summed E-state index contributed by atoms with van der Waals surface area (Å²) in [6, 6.07) is 14.2. The highest BCUT2D eigenvalue weighted by Gasteiger charge is 2.34. The molecule has 4 rings (SSSR count). The second-order valence-corrected chi connectivity index (χ2v) is 8.31. The Hall–Kier alpha value is -4.27. The van der Waals surface area contributed by atoms with E-state index >= 15 is 0 Å². The lowest BCUT2D eigenvalue weighted by atomic mass is 9.99. The summed E-state index contributed by atoms with van der Waals surface area (Å²) in [5.74, 6) is -3.89. The summed E-state index contributed by atoms with van der Waals surface area (Å²) in [4.78, 5) is 37.6. The normalized spacial score (nSPS) is 15.0. The molecule has 0 spiro atoms. The summed E-state index contributed by atoms with van der Waals surface area (Å²) in [7, 11) is 1.16. The van der Waals surface area contributed by atoms with Crippen LogP contribution < -0.4 is 4.74 Å². The SMILES string of the molecule is COC(=O)c1cc(F)c(F)cc1-c1ccc(OCc2cccc(C(=O)N3CCC[C@H]3C(=O)O)c2)cc1. The van der Waals surface area contributed by atoms with Crippen molar-refractivity contribution in [1.29, 1.82) is 0 Å². The van der Waals surface area contributed by atoms with Crippen LogP contribution in [0.1, 0.15) is 39.1 Å². The van der Waals surface area contributed by atoms with E-state index in [4.69, 9.17) is 4.74 Å². The van der Waals surface area contributed by atoms with E-state index in [9.17, 15) is 28.3 Å². The lowest BCUT2D eigenvalue weighted by molar-refractivity contribution is -0.141. The number of carbonyl (C=O) groups excluding carboxylic acids is 2. The van der Waals surface area contributed by atoms with Crippen LogP contribution in [-0.4, -0.2) is 47.5 Å². The summed E-state index contributed by atoms with van der Waals surface area (Å²) in [5, 5.41) is 9.35. The molecule has 1 atom stereocenters. The molecular formula is C27H23F2NO6. The van der Waals surface area contributed by atoms with Gasteiger partial charge in [-0.05, 0) is 65.9 Å². The average molecular weight is 495 g/mol. The number of aliphatic carboxylic acids is 1. The van der Waals surface area contributed by atoms with Gasteiger partial charge >= 0.3 is 11.9 Å². The van der Waals surface area contributed by atoms with Gasteiger partial charge in [-0.25, -0.2) is 18.4 Å². The van der Waals surface area contributed by atoms with Crippen molar-refractivity contribution in [2.45, 2.75) is 25.5 Å². The van der Waals surface area contributed by atoms with Crippen LogP contribution in [0.3, 0.4) is 0 Å². The van der Waals surface area contributed by atoms with Gasteiger partial charge in [-0.1, -0.05) is 24.3 Å². The number of carboxylic acids is 1. The minimum absolute atomic E-state index is 0.102. The average Bonchev–Trinajstić information content (AvgIpc) is 3.39. The molecule has 1 fully saturated rings. The number of nitrogens with zero attached hydrogens (tertiary/aromatic N) is 1. The van der Waals surface area contributed by atoms with Crippen LogP contribution in [0.5, 0.6) is 5.75 Å². The molecule has 3 aromatic carbocycles. The minimum Gasteiger partial charge on any atom is -0.489 e. The standard InChI is InChI=1S/C27H23F2NO6/c1-35-27(34)21-14-23(29)22(28)13-20(21)17-7-9-19(10-8-17)36-15-16-4-2-5-18(12-16)25(31)30-11-3-6-24(30)26(32)33/h2,4-5,7-10,12-14,24H,3,6,11,15H2,1H3,(H,32,33)/t24-/m0/s1. The number of ether oxygens (including phenoxy) is 2. The molecule has 0 radical (unpaired) electrons. The van der Waals surface area contributed by atoms with Crippen molar-refractivity contribution in [1.82, 2.24) is 4.90 Å². The molecule has 0 aromatic heterocycles. The van der Waals surface area contributed by atoms with Crippen molar-refractivity contribution >= 4 is 17.8 Å². The summed E-state index contributed by atoms with van der Waals surface area (Å²) in [6.45, 7) is 0.542. The van der Waals surface area contributed by atoms with Crippen molar-refractivity contribution in [3.63, 3.8) is 0 Å². The molecule has 1 saturated heterocycles. The third-order valence-corrected chi connectivity index (χ3v) is 6.01. The van der Waals surface area contributed by atoms with Gasteiger partial charge in [0.15, 0.2) is 11.6 Å². The molecule has 0 unspecified atom stereocenters. The van der Waals surface area contributed by atoms with Gasteiger partial charge in [0.2, 0.25) is 0 Å². The fourth-order valence-corrected chi connectivity index (χ4v) is 4.19. The first-order valence-electron chi connectivity index (χ1n) is 11.2. The maximum Gasteiger partial charge on any atom is 0.338 e. The molecule has 9 heteroatoms. The molecule has 0 saturated carbocycles. The Morgan fingerprint density at radius 1 is 1.03 bits per heavy atom. The van der Waals surface area contributed by atoms with Crippen molar-refractivity contribution in [3.8, 4) is 16.9 Å². The molecule has 186 valence electrons. The number of esters is 1. The van der Waals surface area contributed by atoms with Gasteiger partial charge in [0, 0.05) is 12.1 Å². The van der Waals surface area contributed by atoms with E-state index in [1.54, 1.807) is 48.5 Å². The Kier molecular flexibility index (Phi) is 7.28. The van der Waals surface area contributed by atoms with Gasteiger partial charge in [0.25, 0.3) is 5.91 Å². The molecule has 1 aliphatic rings. The first-order chi connectivity index (χ1) is 17.3. The first kappa shape index (κ1) is 24.8. The Balaban J connectivity index is 1.47. The molecule has 36 heavy (non-hydrogen) atoms. The van der Waals surface area contributed by atoms with Gasteiger partial charge in [0.05, 0.1) is 12.7 Å². The fourth-order valence-electron chi connectivity index (χ4n) is 4.19. The van der Waals surface area contributed by atoms with Crippen molar-refractivity contribution in [2.24, 2.45) is 0 Å². The second kappa shape index (κ2) is 10.6. The third kappa shape index (κ3) is 5.19. The zero-order valence-corrected chi connectivity index (χ0v) is 19.4. The van der Waals surface area contributed by atoms with E-state index in [0.717, 1.165) is 19.2 Å². The Morgan fingerprint density at radius 2 is 1.75 bits per heavy atom. The van der Waals surface area contributed by atoms with Crippen LogP contribution in [-0.2, 0) is 16.1 Å². The molecule has 1 N–H and O–H groups in total. The van der Waals surface area contributed by atoms with Crippen LogP contribution in [0.25, 0.3) is 11.1 Å². The quantitative estimate of drug-likeness (QED) is 0.478. The Bertz CT molecular complexity index is 1310. The minimum atomic E-state index is -1.15. The number of halogens is 2. The van der Waals surface area contributed by atoms with Crippen LogP contribution in [0.15, 0.2) is 60.7 Å². The number of carboxylic acid groups (broad SMARTS) is 1. The van der Waals surface area contributed by atoms with Gasteiger partial charge in [-0.2, -0.15) is 0 Å². The molecule has 1 amide bonds. The number of amides is 1. The molecule has 1 aliphatic heterocycles. The number of benzene rings is 3.